The smallest absolute Gasteiger partial charge is 0.425 e. The Morgan fingerprint density at radius 2 is 1.91 bits per heavy atom. The third kappa shape index (κ3) is 2.80. The first-order valence-corrected chi connectivity index (χ1v) is 3.96. The van der Waals surface area contributed by atoms with Crippen molar-refractivity contribution in [3.8, 4) is 5.75 Å². The maximum Gasteiger partial charge on any atom is 0.428 e. The van der Waals surface area contributed by atoms with Crippen LogP contribution in [0.3, 0.4) is 0 Å². The summed E-state index contributed by atoms with van der Waals surface area (Å²) in [7, 11) is -2.42. The van der Waals surface area contributed by atoms with Crippen LogP contribution in [0.4, 0.5) is 4.53 Å². The summed E-state index contributed by atoms with van der Waals surface area (Å²) in [5, 5.41) is 0. The first-order valence-electron chi connectivity index (χ1n) is 2.83. The molecule has 60 valence electrons. The molecule has 1 aromatic carbocycles. The molecular weight excluding hydrogens is 170 g/mol. The Kier molecular flexibility index (Phi) is 3.23. The van der Waals surface area contributed by atoms with Crippen LogP contribution in [0.15, 0.2) is 30.3 Å². The fourth-order valence-corrected chi connectivity index (χ4v) is 0.916. The molecule has 0 aliphatic carbocycles. The lowest BCUT2D eigenvalue weighted by atomic mass is 10.3. The molecule has 0 saturated heterocycles. The molecule has 11 heavy (non-hydrogen) atoms. The number of rotatable bonds is 3. The molecule has 0 aliphatic heterocycles. The minimum Gasteiger partial charge on any atom is -0.425 e. The summed E-state index contributed by atoms with van der Waals surface area (Å²) in [4.78, 5) is 8.56. The van der Waals surface area contributed by atoms with Gasteiger partial charge in [-0.2, -0.15) is 0 Å². The summed E-state index contributed by atoms with van der Waals surface area (Å²) in [5.74, 6) is 0.374. The largest absolute Gasteiger partial charge is 0.428 e. The summed E-state index contributed by atoms with van der Waals surface area (Å²) in [6.07, 6.45) is 0. The second kappa shape index (κ2) is 4.23. The third-order valence-corrected chi connectivity index (χ3v) is 1.47. The average Bonchev–Trinajstić information content (AvgIpc) is 2.06. The Bertz CT molecular complexity index is 206. The van der Waals surface area contributed by atoms with Crippen LogP contribution >= 0.6 is 8.60 Å². The first kappa shape index (κ1) is 8.40. The SMILES string of the molecule is OP(OF)Oc1ccccc1. The Labute approximate surface area is 64.3 Å². The van der Waals surface area contributed by atoms with Crippen molar-refractivity contribution in [1.82, 2.24) is 0 Å². The molecular formula is C6H6FO3P. The van der Waals surface area contributed by atoms with E-state index in [1.165, 1.54) is 0 Å². The Morgan fingerprint density at radius 3 is 2.45 bits per heavy atom. The highest BCUT2D eigenvalue weighted by Gasteiger charge is 2.07. The van der Waals surface area contributed by atoms with Gasteiger partial charge in [0.1, 0.15) is 5.75 Å². The molecule has 0 amide bonds. The third-order valence-electron chi connectivity index (χ3n) is 0.986. The van der Waals surface area contributed by atoms with Gasteiger partial charge < -0.3 is 9.42 Å². The van der Waals surface area contributed by atoms with Crippen molar-refractivity contribution >= 4 is 8.60 Å². The summed E-state index contributed by atoms with van der Waals surface area (Å²) < 4.78 is 18.9. The Balaban J connectivity index is 2.51. The number of benzene rings is 1. The molecule has 0 aliphatic rings. The molecule has 0 bridgehead atoms. The van der Waals surface area contributed by atoms with Crippen LogP contribution in [0.25, 0.3) is 0 Å². The number of halogens is 1. The highest BCUT2D eigenvalue weighted by atomic mass is 31.2. The van der Waals surface area contributed by atoms with Crippen LogP contribution in [0.2, 0.25) is 0 Å². The van der Waals surface area contributed by atoms with Crippen molar-refractivity contribution < 1.29 is 18.7 Å². The summed E-state index contributed by atoms with van der Waals surface area (Å²) in [5.41, 5.74) is 0. The molecule has 0 heterocycles. The van der Waals surface area contributed by atoms with Crippen LogP contribution in [-0.4, -0.2) is 4.89 Å². The van der Waals surface area contributed by atoms with Gasteiger partial charge in [-0.3, -0.25) is 0 Å². The Morgan fingerprint density at radius 1 is 1.27 bits per heavy atom. The normalized spacial score (nSPS) is 12.5. The van der Waals surface area contributed by atoms with Gasteiger partial charge in [0.15, 0.2) is 0 Å². The highest BCUT2D eigenvalue weighted by Crippen LogP contribution is 2.34. The van der Waals surface area contributed by atoms with Crippen LogP contribution in [0.5, 0.6) is 5.75 Å². The van der Waals surface area contributed by atoms with Gasteiger partial charge in [0.05, 0.1) is 0 Å². The first-order chi connectivity index (χ1) is 5.33. The molecule has 1 rings (SSSR count). The minimum atomic E-state index is -2.42. The van der Waals surface area contributed by atoms with E-state index in [0.29, 0.717) is 5.75 Å². The number of hydrogen-bond acceptors (Lipinski definition) is 3. The van der Waals surface area contributed by atoms with Crippen molar-refractivity contribution in [3.63, 3.8) is 0 Å². The Hall–Kier alpha value is -0.700. The van der Waals surface area contributed by atoms with E-state index >= 15 is 0 Å². The molecule has 1 unspecified atom stereocenters. The van der Waals surface area contributed by atoms with Gasteiger partial charge in [0.25, 0.3) is 0 Å². The van der Waals surface area contributed by atoms with E-state index in [-0.39, 0.29) is 0 Å². The van der Waals surface area contributed by atoms with Gasteiger partial charge in [0.2, 0.25) is 0 Å². The molecule has 0 aromatic heterocycles. The van der Waals surface area contributed by atoms with E-state index in [1.807, 2.05) is 0 Å². The zero-order valence-corrected chi connectivity index (χ0v) is 6.37. The highest BCUT2D eigenvalue weighted by molar-refractivity contribution is 7.40. The fraction of sp³-hybridized carbons (Fsp3) is 0. The topological polar surface area (TPSA) is 38.7 Å². The molecule has 1 N–H and O–H groups in total. The summed E-state index contributed by atoms with van der Waals surface area (Å²) in [6.45, 7) is 0. The van der Waals surface area contributed by atoms with Crippen molar-refractivity contribution in [3.05, 3.63) is 30.3 Å². The average molecular weight is 176 g/mol. The van der Waals surface area contributed by atoms with E-state index in [0.717, 1.165) is 0 Å². The second-order valence-corrected chi connectivity index (χ2v) is 2.51. The summed E-state index contributed by atoms with van der Waals surface area (Å²) >= 11 is 0. The van der Waals surface area contributed by atoms with Gasteiger partial charge in [-0.25, -0.2) is 0 Å². The second-order valence-electron chi connectivity index (χ2n) is 1.71. The molecule has 1 aromatic rings. The van der Waals surface area contributed by atoms with Gasteiger partial charge in [0, 0.05) is 0 Å². The predicted molar refractivity (Wildman–Crippen MR) is 38.4 cm³/mol. The zero-order chi connectivity index (χ0) is 8.10. The van der Waals surface area contributed by atoms with Crippen LogP contribution in [-0.2, 0) is 4.73 Å². The van der Waals surface area contributed by atoms with Crippen LogP contribution in [0.1, 0.15) is 0 Å². The van der Waals surface area contributed by atoms with E-state index in [1.54, 1.807) is 30.3 Å². The lowest BCUT2D eigenvalue weighted by molar-refractivity contribution is -0.0177. The fourth-order valence-electron chi connectivity index (χ4n) is 0.586. The molecule has 1 atom stereocenters. The van der Waals surface area contributed by atoms with E-state index < -0.39 is 8.60 Å². The number of hydrogen-bond donors (Lipinski definition) is 1. The van der Waals surface area contributed by atoms with Crippen molar-refractivity contribution in [2.24, 2.45) is 0 Å². The molecule has 5 heteroatoms. The van der Waals surface area contributed by atoms with E-state index in [2.05, 4.69) is 9.25 Å². The van der Waals surface area contributed by atoms with E-state index in [4.69, 9.17) is 4.89 Å². The zero-order valence-electron chi connectivity index (χ0n) is 5.48. The van der Waals surface area contributed by atoms with Gasteiger partial charge in [-0.15, -0.1) is 0 Å². The monoisotopic (exact) mass is 176 g/mol. The minimum absolute atomic E-state index is 0.374. The number of para-hydroxylation sites is 1. The van der Waals surface area contributed by atoms with Gasteiger partial charge in [-0.05, 0) is 16.7 Å². The predicted octanol–water partition coefficient (Wildman–Crippen LogP) is 2.19. The maximum atomic E-state index is 11.2. The van der Waals surface area contributed by atoms with Crippen molar-refractivity contribution in [2.75, 3.05) is 0 Å². The standard InChI is InChI=1S/C6H6FO3P/c7-10-11(8)9-6-4-2-1-3-5-6/h1-5,8H. The lowest BCUT2D eigenvalue weighted by Gasteiger charge is -2.04. The molecule has 0 spiro atoms. The van der Waals surface area contributed by atoms with E-state index in [9.17, 15) is 4.53 Å². The molecule has 0 fully saturated rings. The maximum absolute atomic E-state index is 11.2. The van der Waals surface area contributed by atoms with Crippen LogP contribution in [0, 0.1) is 0 Å². The lowest BCUT2D eigenvalue weighted by Crippen LogP contribution is -1.84. The molecule has 0 radical (unpaired) electrons. The van der Waals surface area contributed by atoms with Gasteiger partial charge >= 0.3 is 8.60 Å². The van der Waals surface area contributed by atoms with Gasteiger partial charge in [-0.1, -0.05) is 22.9 Å². The molecule has 3 nitrogen and oxygen atoms in total. The molecule has 0 saturated carbocycles. The van der Waals surface area contributed by atoms with Crippen molar-refractivity contribution in [2.45, 2.75) is 0 Å². The quantitative estimate of drug-likeness (QED) is 0.717. The van der Waals surface area contributed by atoms with Crippen molar-refractivity contribution in [1.29, 1.82) is 0 Å². The summed E-state index contributed by atoms with van der Waals surface area (Å²) in [6, 6.07) is 8.37. The van der Waals surface area contributed by atoms with Crippen LogP contribution < -0.4 is 4.52 Å².